The molecule has 0 saturated heterocycles. The Morgan fingerprint density at radius 1 is 1.04 bits per heavy atom. The smallest absolute Gasteiger partial charge is 0.258 e. The molecule has 0 unspecified atom stereocenters. The third kappa shape index (κ3) is 4.97. The van der Waals surface area contributed by atoms with Gasteiger partial charge in [0.05, 0.1) is 11.7 Å². The van der Waals surface area contributed by atoms with Crippen molar-refractivity contribution in [2.75, 3.05) is 6.61 Å². The Morgan fingerprint density at radius 2 is 1.79 bits per heavy atom. The van der Waals surface area contributed by atoms with Crippen molar-refractivity contribution in [3.05, 3.63) is 95.3 Å². The van der Waals surface area contributed by atoms with Gasteiger partial charge in [0.25, 0.3) is 5.91 Å². The van der Waals surface area contributed by atoms with E-state index in [0.717, 1.165) is 28.1 Å². The number of benzene rings is 2. The van der Waals surface area contributed by atoms with Crippen molar-refractivity contribution >= 4 is 5.91 Å². The van der Waals surface area contributed by atoms with Gasteiger partial charge < -0.3 is 10.1 Å². The maximum atomic E-state index is 12.7. The zero-order valence-corrected chi connectivity index (χ0v) is 16.6. The third-order valence-electron chi connectivity index (χ3n) is 4.57. The van der Waals surface area contributed by atoms with E-state index in [-0.39, 0.29) is 18.6 Å². The van der Waals surface area contributed by atoms with E-state index in [4.69, 9.17) is 4.74 Å². The van der Waals surface area contributed by atoms with Crippen LogP contribution in [0.4, 0.5) is 0 Å². The first kappa shape index (κ1) is 19.6. The van der Waals surface area contributed by atoms with Crippen molar-refractivity contribution in [1.82, 2.24) is 10.3 Å². The molecule has 4 heteroatoms. The number of ether oxygens (including phenoxy) is 1. The molecule has 0 fully saturated rings. The molecule has 0 aliphatic rings. The van der Waals surface area contributed by atoms with Crippen molar-refractivity contribution in [3.63, 3.8) is 0 Å². The summed E-state index contributed by atoms with van der Waals surface area (Å²) in [5.41, 5.74) is 3.98. The lowest BCUT2D eigenvalue weighted by Crippen LogP contribution is -2.33. The molecular formula is C24H26N2O2. The van der Waals surface area contributed by atoms with Gasteiger partial charge in [-0.2, -0.15) is 0 Å². The minimum Gasteiger partial charge on any atom is -0.483 e. The first-order valence-electron chi connectivity index (χ1n) is 9.53. The molecule has 1 N–H and O–H groups in total. The Labute approximate surface area is 166 Å². The zero-order chi connectivity index (χ0) is 19.9. The lowest BCUT2D eigenvalue weighted by molar-refractivity contribution is -0.123. The summed E-state index contributed by atoms with van der Waals surface area (Å²) in [4.78, 5) is 17.1. The average molecular weight is 374 g/mol. The van der Waals surface area contributed by atoms with Crippen LogP contribution in [0.5, 0.6) is 5.75 Å². The van der Waals surface area contributed by atoms with E-state index in [1.807, 2.05) is 61.5 Å². The minimum atomic E-state index is -0.319. The molecule has 3 rings (SSSR count). The summed E-state index contributed by atoms with van der Waals surface area (Å²) in [5.74, 6) is 0.902. The molecule has 0 spiro atoms. The molecule has 0 saturated carbocycles. The van der Waals surface area contributed by atoms with Crippen LogP contribution in [0.1, 0.15) is 48.2 Å². The predicted octanol–water partition coefficient (Wildman–Crippen LogP) is 4.80. The van der Waals surface area contributed by atoms with Crippen molar-refractivity contribution in [2.45, 2.75) is 32.7 Å². The lowest BCUT2D eigenvalue weighted by Gasteiger charge is -2.20. The molecule has 1 atom stereocenters. The SMILES string of the molecule is Cc1ccc(C(C)C)c(OCC(=O)N[C@H](c2ccccc2)c2ccccn2)c1. The molecule has 1 amide bonds. The Hall–Kier alpha value is -3.14. The van der Waals surface area contributed by atoms with Gasteiger partial charge in [-0.25, -0.2) is 0 Å². The van der Waals surface area contributed by atoms with Gasteiger partial charge >= 0.3 is 0 Å². The quantitative estimate of drug-likeness (QED) is 0.646. The molecule has 0 aliphatic heterocycles. The minimum absolute atomic E-state index is 0.0423. The molecule has 0 radical (unpaired) electrons. The number of aryl methyl sites for hydroxylation is 1. The summed E-state index contributed by atoms with van der Waals surface area (Å²) in [6.07, 6.45) is 1.73. The fourth-order valence-electron chi connectivity index (χ4n) is 3.11. The fraction of sp³-hybridized carbons (Fsp3) is 0.250. The van der Waals surface area contributed by atoms with Crippen molar-refractivity contribution in [3.8, 4) is 5.75 Å². The molecule has 144 valence electrons. The number of amides is 1. The molecule has 2 aromatic carbocycles. The third-order valence-corrected chi connectivity index (χ3v) is 4.57. The van der Waals surface area contributed by atoms with Crippen LogP contribution in [0.3, 0.4) is 0 Å². The van der Waals surface area contributed by atoms with Crippen molar-refractivity contribution < 1.29 is 9.53 Å². The number of hydrogen-bond acceptors (Lipinski definition) is 3. The first-order chi connectivity index (χ1) is 13.5. The van der Waals surface area contributed by atoms with Crippen LogP contribution in [0.25, 0.3) is 0 Å². The number of aromatic nitrogens is 1. The standard InChI is InChI=1S/C24H26N2O2/c1-17(2)20-13-12-18(3)15-22(20)28-16-23(27)26-24(19-9-5-4-6-10-19)21-11-7-8-14-25-21/h4-15,17,24H,16H2,1-3H3,(H,26,27)/t24-/m1/s1. The molecule has 4 nitrogen and oxygen atoms in total. The number of carbonyl (C=O) groups is 1. The Morgan fingerprint density at radius 3 is 2.46 bits per heavy atom. The molecule has 1 heterocycles. The van der Waals surface area contributed by atoms with E-state index in [2.05, 4.69) is 36.3 Å². The highest BCUT2D eigenvalue weighted by Crippen LogP contribution is 2.27. The first-order valence-corrected chi connectivity index (χ1v) is 9.53. The highest BCUT2D eigenvalue weighted by molar-refractivity contribution is 5.78. The van der Waals surface area contributed by atoms with Gasteiger partial charge in [-0.15, -0.1) is 0 Å². The van der Waals surface area contributed by atoms with Crippen LogP contribution in [0.15, 0.2) is 72.9 Å². The van der Waals surface area contributed by atoms with Crippen molar-refractivity contribution in [2.24, 2.45) is 0 Å². The summed E-state index contributed by atoms with van der Waals surface area (Å²) >= 11 is 0. The van der Waals surface area contributed by atoms with Gasteiger partial charge in [0.15, 0.2) is 6.61 Å². The number of carbonyl (C=O) groups excluding carboxylic acids is 1. The molecule has 0 bridgehead atoms. The van der Waals surface area contributed by atoms with E-state index in [0.29, 0.717) is 5.92 Å². The Balaban J connectivity index is 1.74. The van der Waals surface area contributed by atoms with Gasteiger partial charge in [0.1, 0.15) is 5.75 Å². The zero-order valence-electron chi connectivity index (χ0n) is 16.6. The monoisotopic (exact) mass is 374 g/mol. The Bertz CT molecular complexity index is 869. The largest absolute Gasteiger partial charge is 0.483 e. The summed E-state index contributed by atoms with van der Waals surface area (Å²) in [7, 11) is 0. The van der Waals surface area contributed by atoms with E-state index in [1.54, 1.807) is 6.20 Å². The summed E-state index contributed by atoms with van der Waals surface area (Å²) in [6.45, 7) is 6.21. The molecule has 3 aromatic rings. The second kappa shape index (κ2) is 9.18. The second-order valence-electron chi connectivity index (χ2n) is 7.15. The van der Waals surface area contributed by atoms with Crippen LogP contribution in [0.2, 0.25) is 0 Å². The Kier molecular flexibility index (Phi) is 6.43. The van der Waals surface area contributed by atoms with Crippen LogP contribution in [0, 0.1) is 6.92 Å². The van der Waals surface area contributed by atoms with Crippen LogP contribution in [-0.4, -0.2) is 17.5 Å². The van der Waals surface area contributed by atoms with Crippen LogP contribution < -0.4 is 10.1 Å². The number of nitrogens with one attached hydrogen (secondary N) is 1. The number of nitrogens with zero attached hydrogens (tertiary/aromatic N) is 1. The maximum absolute atomic E-state index is 12.7. The number of hydrogen-bond donors (Lipinski definition) is 1. The van der Waals surface area contributed by atoms with Gasteiger partial charge in [0.2, 0.25) is 0 Å². The topological polar surface area (TPSA) is 51.2 Å². The van der Waals surface area contributed by atoms with Gasteiger partial charge in [0, 0.05) is 6.20 Å². The summed E-state index contributed by atoms with van der Waals surface area (Å²) in [5, 5.41) is 3.06. The highest BCUT2D eigenvalue weighted by atomic mass is 16.5. The average Bonchev–Trinajstić information content (AvgIpc) is 2.71. The van der Waals surface area contributed by atoms with Gasteiger partial charge in [-0.05, 0) is 47.7 Å². The van der Waals surface area contributed by atoms with E-state index < -0.39 is 0 Å². The van der Waals surface area contributed by atoms with Crippen LogP contribution in [-0.2, 0) is 4.79 Å². The lowest BCUT2D eigenvalue weighted by atomic mass is 10.0. The van der Waals surface area contributed by atoms with Gasteiger partial charge in [-0.1, -0.05) is 62.4 Å². The fourth-order valence-corrected chi connectivity index (χ4v) is 3.11. The summed E-state index contributed by atoms with van der Waals surface area (Å²) < 4.78 is 5.88. The molecule has 0 aliphatic carbocycles. The second-order valence-corrected chi connectivity index (χ2v) is 7.15. The number of pyridine rings is 1. The normalized spacial score (nSPS) is 11.9. The van der Waals surface area contributed by atoms with Crippen molar-refractivity contribution in [1.29, 1.82) is 0 Å². The molecule has 1 aromatic heterocycles. The molecular weight excluding hydrogens is 348 g/mol. The van der Waals surface area contributed by atoms with E-state index in [9.17, 15) is 4.79 Å². The number of rotatable bonds is 7. The van der Waals surface area contributed by atoms with E-state index in [1.165, 1.54) is 0 Å². The maximum Gasteiger partial charge on any atom is 0.258 e. The van der Waals surface area contributed by atoms with E-state index >= 15 is 0 Å². The van der Waals surface area contributed by atoms with Crippen LogP contribution >= 0.6 is 0 Å². The molecule has 28 heavy (non-hydrogen) atoms. The van der Waals surface area contributed by atoms with Gasteiger partial charge in [-0.3, -0.25) is 9.78 Å². The predicted molar refractivity (Wildman–Crippen MR) is 111 cm³/mol. The summed E-state index contributed by atoms with van der Waals surface area (Å²) in [6, 6.07) is 21.3. The highest BCUT2D eigenvalue weighted by Gasteiger charge is 2.18.